The molecule has 2 aliphatic heterocycles. The Kier molecular flexibility index (Phi) is 8.20. The first kappa shape index (κ1) is 33.1. The molecule has 5 fully saturated rings. The summed E-state index contributed by atoms with van der Waals surface area (Å²) in [5.74, 6) is -0.919. The zero-order chi connectivity index (χ0) is 32.6. The van der Waals surface area contributed by atoms with Crippen molar-refractivity contribution >= 4 is 29.4 Å². The zero-order valence-corrected chi connectivity index (χ0v) is 28.2. The van der Waals surface area contributed by atoms with Gasteiger partial charge in [-0.2, -0.15) is 0 Å². The van der Waals surface area contributed by atoms with Crippen LogP contribution in [0.2, 0.25) is 0 Å². The van der Waals surface area contributed by atoms with Crippen molar-refractivity contribution in [2.75, 3.05) is 13.7 Å². The molecule has 3 saturated carbocycles. The SMILES string of the molecule is COC(=O)C[C@@]1(C)[C@H]2C(=O)C[C@@H]3C(=O)C[C@H](C)C[C@H]3[C@]2(C)CC(=O)[C@@]1(C)CC[C@]12C[C@@H](C)C[C@H](CN1C(=O)OC(C)(C)C)O2. The van der Waals surface area contributed by atoms with Crippen molar-refractivity contribution in [3.63, 3.8) is 0 Å². The molecule has 2 saturated heterocycles. The Balaban J connectivity index is 1.53. The highest BCUT2D eigenvalue weighted by molar-refractivity contribution is 5.97. The highest BCUT2D eigenvalue weighted by Crippen LogP contribution is 2.68. The van der Waals surface area contributed by atoms with Crippen LogP contribution in [-0.4, -0.2) is 65.4 Å². The zero-order valence-electron chi connectivity index (χ0n) is 28.2. The third-order valence-electron chi connectivity index (χ3n) is 12.4. The Morgan fingerprint density at radius 1 is 0.977 bits per heavy atom. The molecule has 2 bridgehead atoms. The van der Waals surface area contributed by atoms with Crippen LogP contribution >= 0.6 is 0 Å². The van der Waals surface area contributed by atoms with Gasteiger partial charge < -0.3 is 14.2 Å². The number of likely N-dealkylation sites (tertiary alicyclic amines) is 1. The number of amides is 1. The lowest BCUT2D eigenvalue weighted by atomic mass is 9.37. The van der Waals surface area contributed by atoms with Crippen LogP contribution in [0.1, 0.15) is 113 Å². The number of hydrogen-bond acceptors (Lipinski definition) is 8. The molecule has 246 valence electrons. The average Bonchev–Trinajstić information content (AvgIpc) is 3.16. The fraction of sp³-hybridized carbons (Fsp3) is 0.857. The highest BCUT2D eigenvalue weighted by Gasteiger charge is 2.70. The van der Waals surface area contributed by atoms with Gasteiger partial charge in [-0.1, -0.05) is 34.6 Å². The summed E-state index contributed by atoms with van der Waals surface area (Å²) in [4.78, 5) is 70.4. The second-order valence-electron chi connectivity index (χ2n) is 16.8. The van der Waals surface area contributed by atoms with Crippen LogP contribution in [0.25, 0.3) is 0 Å². The van der Waals surface area contributed by atoms with Crippen LogP contribution in [0, 0.1) is 45.8 Å². The minimum atomic E-state index is -1.07. The first-order valence-corrected chi connectivity index (χ1v) is 16.6. The van der Waals surface area contributed by atoms with Crippen LogP contribution in [-0.2, 0) is 33.4 Å². The molecule has 0 aromatic rings. The Morgan fingerprint density at radius 3 is 2.30 bits per heavy atom. The van der Waals surface area contributed by atoms with Crippen molar-refractivity contribution in [2.24, 2.45) is 45.8 Å². The summed E-state index contributed by atoms with van der Waals surface area (Å²) in [7, 11) is 1.33. The number of Topliss-reactive ketones (excluding diaryl/α,β-unsaturated/α-hetero) is 3. The van der Waals surface area contributed by atoms with Crippen LogP contribution in [0.4, 0.5) is 4.79 Å². The van der Waals surface area contributed by atoms with Gasteiger partial charge in [-0.25, -0.2) is 4.79 Å². The number of hydrogen-bond donors (Lipinski definition) is 0. The Hall–Kier alpha value is -2.29. The molecule has 0 radical (unpaired) electrons. The molecule has 9 nitrogen and oxygen atoms in total. The molecule has 0 spiro atoms. The molecule has 0 N–H and O–H groups in total. The maximum atomic E-state index is 14.7. The number of ketones is 3. The standard InChI is InChI=1S/C35H53NO8/c1-20-13-24-23(25(37)14-20)15-26(38)29-32(24,6)17-27(39)33(7,34(29,8)18-28(40)42-9)10-11-35-16-21(2)12-22(43-35)19-36(35)30(41)44-31(3,4)5/h20-24,29H,10-19H2,1-9H3/t20-,21+,22-,23+,24-,29+,32+,33-,34+,35+/m1/s1. The van der Waals surface area contributed by atoms with Crippen molar-refractivity contribution in [3.8, 4) is 0 Å². The van der Waals surface area contributed by atoms with E-state index >= 15 is 0 Å². The van der Waals surface area contributed by atoms with Crippen LogP contribution < -0.4 is 0 Å². The number of esters is 1. The Labute approximate surface area is 262 Å². The molecule has 5 aliphatic rings. The lowest BCUT2D eigenvalue weighted by molar-refractivity contribution is -0.198. The van der Waals surface area contributed by atoms with E-state index < -0.39 is 45.6 Å². The fourth-order valence-corrected chi connectivity index (χ4v) is 10.3. The van der Waals surface area contributed by atoms with Gasteiger partial charge in [0.1, 0.15) is 28.7 Å². The molecule has 1 amide bonds. The van der Waals surface area contributed by atoms with Crippen molar-refractivity contribution < 1.29 is 38.2 Å². The molecule has 5 rings (SSSR count). The van der Waals surface area contributed by atoms with Crippen LogP contribution in [0.3, 0.4) is 0 Å². The minimum absolute atomic E-state index is 0.000372. The number of nitrogens with zero attached hydrogens (tertiary/aromatic N) is 1. The fourth-order valence-electron chi connectivity index (χ4n) is 10.3. The van der Waals surface area contributed by atoms with Gasteiger partial charge in [0.05, 0.1) is 26.2 Å². The van der Waals surface area contributed by atoms with Crippen LogP contribution in [0.15, 0.2) is 0 Å². The van der Waals surface area contributed by atoms with Crippen LogP contribution in [0.5, 0.6) is 0 Å². The largest absolute Gasteiger partial charge is 0.469 e. The summed E-state index contributed by atoms with van der Waals surface area (Å²) in [5, 5.41) is 0. The molecule has 2 heterocycles. The normalized spacial score (nSPS) is 43.8. The number of rotatable bonds is 5. The van der Waals surface area contributed by atoms with E-state index in [1.54, 1.807) is 4.90 Å². The van der Waals surface area contributed by atoms with Gasteiger partial charge in [0.2, 0.25) is 0 Å². The highest BCUT2D eigenvalue weighted by atomic mass is 16.6. The number of carbonyl (C=O) groups is 5. The molecule has 0 aromatic heterocycles. The van der Waals surface area contributed by atoms with Gasteiger partial charge in [-0.15, -0.1) is 0 Å². The maximum Gasteiger partial charge on any atom is 0.412 e. The average molecular weight is 616 g/mol. The molecule has 9 heteroatoms. The summed E-state index contributed by atoms with van der Waals surface area (Å²) < 4.78 is 17.6. The van der Waals surface area contributed by atoms with Crippen molar-refractivity contribution in [1.82, 2.24) is 4.90 Å². The van der Waals surface area contributed by atoms with E-state index in [1.807, 2.05) is 41.5 Å². The molecule has 0 unspecified atom stereocenters. The minimum Gasteiger partial charge on any atom is -0.469 e. The predicted molar refractivity (Wildman–Crippen MR) is 162 cm³/mol. The van der Waals surface area contributed by atoms with E-state index in [2.05, 4.69) is 13.8 Å². The third-order valence-corrected chi connectivity index (χ3v) is 12.4. The van der Waals surface area contributed by atoms with Gasteiger partial charge in [-0.05, 0) is 76.0 Å². The topological polar surface area (TPSA) is 116 Å². The molecular formula is C35H53NO8. The number of fused-ring (bicyclic) bond motifs is 5. The maximum absolute atomic E-state index is 14.7. The summed E-state index contributed by atoms with van der Waals surface area (Å²) >= 11 is 0. The van der Waals surface area contributed by atoms with E-state index in [0.29, 0.717) is 38.1 Å². The second-order valence-corrected chi connectivity index (χ2v) is 16.8. The van der Waals surface area contributed by atoms with E-state index in [0.717, 1.165) is 12.8 Å². The third kappa shape index (κ3) is 5.23. The molecular weight excluding hydrogens is 562 g/mol. The predicted octanol–water partition coefficient (Wildman–Crippen LogP) is 5.90. The monoisotopic (exact) mass is 615 g/mol. The first-order valence-electron chi connectivity index (χ1n) is 16.6. The summed E-state index contributed by atoms with van der Waals surface area (Å²) in [5.41, 5.74) is -4.48. The summed E-state index contributed by atoms with van der Waals surface area (Å²) in [6.07, 6.45) is 3.14. The van der Waals surface area contributed by atoms with Gasteiger partial charge >= 0.3 is 12.1 Å². The van der Waals surface area contributed by atoms with Gasteiger partial charge in [0, 0.05) is 41.9 Å². The number of carbonyl (C=O) groups excluding carboxylic acids is 5. The Morgan fingerprint density at radius 2 is 1.66 bits per heavy atom. The van der Waals surface area contributed by atoms with Gasteiger partial charge in [-0.3, -0.25) is 24.1 Å². The smallest absolute Gasteiger partial charge is 0.412 e. The van der Waals surface area contributed by atoms with E-state index in [9.17, 15) is 24.0 Å². The van der Waals surface area contributed by atoms with Crippen molar-refractivity contribution in [3.05, 3.63) is 0 Å². The van der Waals surface area contributed by atoms with Crippen molar-refractivity contribution in [1.29, 1.82) is 0 Å². The number of ether oxygens (including phenoxy) is 3. The van der Waals surface area contributed by atoms with E-state index in [-0.39, 0.29) is 60.5 Å². The molecule has 44 heavy (non-hydrogen) atoms. The van der Waals surface area contributed by atoms with E-state index in [4.69, 9.17) is 14.2 Å². The first-order chi connectivity index (χ1) is 20.3. The van der Waals surface area contributed by atoms with Gasteiger partial charge in [0.15, 0.2) is 0 Å². The summed E-state index contributed by atoms with van der Waals surface area (Å²) in [6, 6.07) is 0. The lowest BCUT2D eigenvalue weighted by Crippen LogP contribution is -2.67. The molecule has 0 aromatic carbocycles. The second kappa shape index (κ2) is 10.9. The lowest BCUT2D eigenvalue weighted by Gasteiger charge is -2.64. The molecule has 3 aliphatic carbocycles. The summed E-state index contributed by atoms with van der Waals surface area (Å²) in [6.45, 7) is 16.0. The quantitative estimate of drug-likeness (QED) is 0.351. The molecule has 10 atom stereocenters. The van der Waals surface area contributed by atoms with Gasteiger partial charge in [0.25, 0.3) is 0 Å². The number of methoxy groups -OCH3 is 1. The van der Waals surface area contributed by atoms with E-state index in [1.165, 1.54) is 7.11 Å². The Bertz CT molecular complexity index is 1240. The van der Waals surface area contributed by atoms with Crippen molar-refractivity contribution in [2.45, 2.75) is 131 Å².